The molecular formula is C34H33IrN4-. The summed E-state index contributed by atoms with van der Waals surface area (Å²) in [6.45, 7) is 13.3. The molecule has 0 aliphatic rings. The van der Waals surface area contributed by atoms with Crippen molar-refractivity contribution in [3.63, 3.8) is 0 Å². The van der Waals surface area contributed by atoms with Crippen LogP contribution in [0.25, 0.3) is 45.4 Å². The molecule has 4 nitrogen and oxygen atoms in total. The van der Waals surface area contributed by atoms with E-state index in [9.17, 15) is 0 Å². The van der Waals surface area contributed by atoms with Gasteiger partial charge >= 0.3 is 0 Å². The molecule has 5 aromatic rings. The van der Waals surface area contributed by atoms with Crippen LogP contribution in [0.2, 0.25) is 0 Å². The third-order valence-electron chi connectivity index (χ3n) is 6.66. The van der Waals surface area contributed by atoms with Crippen LogP contribution in [0.1, 0.15) is 52.7 Å². The van der Waals surface area contributed by atoms with Crippen LogP contribution in [0, 0.1) is 6.07 Å². The molecule has 2 aromatic heterocycles. The Bertz CT molecular complexity index is 1450. The molecule has 0 fully saturated rings. The second kappa shape index (κ2) is 11.3. The maximum atomic E-state index is 4.90. The van der Waals surface area contributed by atoms with E-state index in [1.807, 2.05) is 42.6 Å². The van der Waals surface area contributed by atoms with E-state index in [1.165, 1.54) is 11.1 Å². The molecule has 0 amide bonds. The maximum absolute atomic E-state index is 4.90. The van der Waals surface area contributed by atoms with Crippen molar-refractivity contribution in [1.29, 1.82) is 0 Å². The van der Waals surface area contributed by atoms with Crippen molar-refractivity contribution in [2.75, 3.05) is 0 Å². The molecule has 0 atom stereocenters. The van der Waals surface area contributed by atoms with Gasteiger partial charge in [-0.2, -0.15) is 0 Å². The largest absolute Gasteiger partial charge is 0.304 e. The fourth-order valence-electron chi connectivity index (χ4n) is 4.24. The Morgan fingerprint density at radius 1 is 0.538 bits per heavy atom. The summed E-state index contributed by atoms with van der Waals surface area (Å²) in [4.78, 5) is 19.3. The Labute approximate surface area is 245 Å². The van der Waals surface area contributed by atoms with E-state index in [0.717, 1.165) is 27.9 Å². The van der Waals surface area contributed by atoms with Crippen LogP contribution in [0.3, 0.4) is 0 Å². The molecule has 5 rings (SSSR count). The molecule has 199 valence electrons. The second-order valence-corrected chi connectivity index (χ2v) is 11.7. The van der Waals surface area contributed by atoms with E-state index in [2.05, 4.69) is 101 Å². The first-order valence-corrected chi connectivity index (χ1v) is 13.0. The predicted octanol–water partition coefficient (Wildman–Crippen LogP) is 8.33. The minimum atomic E-state index is 0. The molecule has 0 saturated carbocycles. The Morgan fingerprint density at radius 3 is 1.38 bits per heavy atom. The van der Waals surface area contributed by atoms with Crippen molar-refractivity contribution < 1.29 is 20.1 Å². The van der Waals surface area contributed by atoms with E-state index >= 15 is 0 Å². The molecule has 2 heterocycles. The van der Waals surface area contributed by atoms with Crippen LogP contribution in [0.15, 0.2) is 91.1 Å². The zero-order chi connectivity index (χ0) is 26.9. The number of aromatic nitrogens is 4. The van der Waals surface area contributed by atoms with Gasteiger partial charge in [0.05, 0.1) is 0 Å². The van der Waals surface area contributed by atoms with Crippen molar-refractivity contribution in [2.45, 2.75) is 52.4 Å². The van der Waals surface area contributed by atoms with Gasteiger partial charge < -0.3 is 4.98 Å². The van der Waals surface area contributed by atoms with E-state index in [-0.39, 0.29) is 30.9 Å². The summed E-state index contributed by atoms with van der Waals surface area (Å²) in [6.07, 6.45) is 1.82. The Balaban J connectivity index is 0.00000353. The number of hydrogen-bond acceptors (Lipinski definition) is 4. The van der Waals surface area contributed by atoms with Gasteiger partial charge in [-0.1, -0.05) is 102 Å². The molecule has 1 radical (unpaired) electrons. The normalized spacial score (nSPS) is 11.6. The van der Waals surface area contributed by atoms with Gasteiger partial charge in [0.15, 0.2) is 17.5 Å². The summed E-state index contributed by atoms with van der Waals surface area (Å²) in [5, 5.41) is 0. The molecule has 0 unspecified atom stereocenters. The van der Waals surface area contributed by atoms with Crippen molar-refractivity contribution in [3.8, 4) is 45.4 Å². The number of hydrogen-bond donors (Lipinski definition) is 0. The number of rotatable bonds is 4. The SMILES string of the molecule is CC(C)(C)c1ccc(-c2nc(-c3ccc(C(C)(C)C)cc3)nc(-c3ccc(-c4[c-]cccc4)nc3)n2)cc1.[Ir]. The summed E-state index contributed by atoms with van der Waals surface area (Å²) >= 11 is 0. The molecule has 0 aliphatic carbocycles. The van der Waals surface area contributed by atoms with Gasteiger partial charge in [-0.15, -0.1) is 35.9 Å². The average Bonchev–Trinajstić information content (AvgIpc) is 2.92. The first-order chi connectivity index (χ1) is 18.1. The average molecular weight is 690 g/mol. The molecule has 0 bridgehead atoms. The molecule has 0 saturated heterocycles. The van der Waals surface area contributed by atoms with Crippen LogP contribution >= 0.6 is 0 Å². The summed E-state index contributed by atoms with van der Waals surface area (Å²) < 4.78 is 0. The Hall–Kier alpha value is -3.53. The van der Waals surface area contributed by atoms with Gasteiger partial charge in [-0.3, -0.25) is 0 Å². The quantitative estimate of drug-likeness (QED) is 0.178. The summed E-state index contributed by atoms with van der Waals surface area (Å²) in [5.74, 6) is 1.89. The third-order valence-corrected chi connectivity index (χ3v) is 6.66. The summed E-state index contributed by atoms with van der Waals surface area (Å²) in [6, 6.07) is 32.1. The molecule has 0 spiro atoms. The Morgan fingerprint density at radius 2 is 1.00 bits per heavy atom. The van der Waals surface area contributed by atoms with Gasteiger partial charge in [-0.05, 0) is 27.7 Å². The monoisotopic (exact) mass is 690 g/mol. The molecular weight excluding hydrogens is 657 g/mol. The first-order valence-electron chi connectivity index (χ1n) is 13.0. The number of nitrogens with zero attached hydrogens (tertiary/aromatic N) is 4. The van der Waals surface area contributed by atoms with Gasteiger partial charge in [0.2, 0.25) is 0 Å². The molecule has 3 aromatic carbocycles. The minimum Gasteiger partial charge on any atom is -0.304 e. The zero-order valence-corrected chi connectivity index (χ0v) is 25.7. The topological polar surface area (TPSA) is 51.6 Å². The van der Waals surface area contributed by atoms with Crippen molar-refractivity contribution >= 4 is 0 Å². The predicted molar refractivity (Wildman–Crippen MR) is 156 cm³/mol. The van der Waals surface area contributed by atoms with Crippen molar-refractivity contribution in [2.24, 2.45) is 0 Å². The fraction of sp³-hybridized carbons (Fsp3) is 0.235. The minimum absolute atomic E-state index is 0. The van der Waals surface area contributed by atoms with Crippen LogP contribution in [-0.4, -0.2) is 19.9 Å². The molecule has 0 aliphatic heterocycles. The standard InChI is InChI=1S/C34H33N4.Ir/c1-33(2,3)27-17-12-24(13-18-27)30-36-31(25-14-19-28(20-15-25)34(4,5)6)38-32(37-30)26-16-21-29(35-22-26)23-10-8-7-9-11-23;/h7-10,12-22H,1-6H3;/q-1;. The number of pyridine rings is 1. The zero-order valence-electron chi connectivity index (χ0n) is 23.3. The number of benzene rings is 3. The van der Waals surface area contributed by atoms with Crippen LogP contribution in [-0.2, 0) is 30.9 Å². The van der Waals surface area contributed by atoms with E-state index in [0.29, 0.717) is 17.5 Å². The third kappa shape index (κ3) is 6.55. The van der Waals surface area contributed by atoms with Crippen molar-refractivity contribution in [1.82, 2.24) is 19.9 Å². The van der Waals surface area contributed by atoms with E-state index < -0.39 is 0 Å². The van der Waals surface area contributed by atoms with Crippen LogP contribution in [0.4, 0.5) is 0 Å². The van der Waals surface area contributed by atoms with Gasteiger partial charge in [-0.25, -0.2) is 15.0 Å². The van der Waals surface area contributed by atoms with Crippen LogP contribution in [0.5, 0.6) is 0 Å². The Kier molecular flexibility index (Phi) is 8.25. The van der Waals surface area contributed by atoms with E-state index in [4.69, 9.17) is 15.0 Å². The van der Waals surface area contributed by atoms with Gasteiger partial charge in [0, 0.05) is 43.0 Å². The maximum Gasteiger partial charge on any atom is 0.165 e. The molecule has 5 heteroatoms. The smallest absolute Gasteiger partial charge is 0.165 e. The van der Waals surface area contributed by atoms with Crippen LogP contribution < -0.4 is 0 Å². The first kappa shape index (κ1) is 28.5. The van der Waals surface area contributed by atoms with E-state index in [1.54, 1.807) is 0 Å². The fourth-order valence-corrected chi connectivity index (χ4v) is 4.24. The summed E-state index contributed by atoms with van der Waals surface area (Å²) in [7, 11) is 0. The molecule has 39 heavy (non-hydrogen) atoms. The van der Waals surface area contributed by atoms with Gasteiger partial charge in [0.25, 0.3) is 0 Å². The van der Waals surface area contributed by atoms with Gasteiger partial charge in [0.1, 0.15) is 0 Å². The molecule has 0 N–H and O–H groups in total. The second-order valence-electron chi connectivity index (χ2n) is 11.7. The van der Waals surface area contributed by atoms with Crippen molar-refractivity contribution in [3.05, 3.63) is 108 Å². The summed E-state index contributed by atoms with van der Waals surface area (Å²) in [5.41, 5.74) is 7.26.